The van der Waals surface area contributed by atoms with E-state index in [-0.39, 0.29) is 11.8 Å². The Balaban J connectivity index is 1.28. The zero-order valence-corrected chi connectivity index (χ0v) is 19.9. The van der Waals surface area contributed by atoms with Crippen LogP contribution in [0.3, 0.4) is 0 Å². The maximum absolute atomic E-state index is 13.4. The summed E-state index contributed by atoms with van der Waals surface area (Å²) < 4.78 is 0.570. The number of fused-ring (bicyclic) bond motifs is 1. The third-order valence-corrected chi connectivity index (χ3v) is 8.66. The molecule has 2 aliphatic carbocycles. The number of amides is 2. The van der Waals surface area contributed by atoms with Crippen molar-refractivity contribution in [3.8, 4) is 0 Å². The van der Waals surface area contributed by atoms with E-state index >= 15 is 0 Å². The summed E-state index contributed by atoms with van der Waals surface area (Å²) in [5.41, 5.74) is 2.69. The number of hydrogen-bond acceptors (Lipinski definition) is 4. The number of halogens is 1. The Morgan fingerprint density at radius 2 is 1.75 bits per heavy atom. The van der Waals surface area contributed by atoms with Gasteiger partial charge >= 0.3 is 0 Å². The predicted molar refractivity (Wildman–Crippen MR) is 130 cm³/mol. The van der Waals surface area contributed by atoms with E-state index in [1.54, 1.807) is 12.1 Å². The van der Waals surface area contributed by atoms with Crippen LogP contribution in [0.2, 0.25) is 4.34 Å². The molecule has 2 heterocycles. The molecule has 0 radical (unpaired) electrons. The van der Waals surface area contributed by atoms with Gasteiger partial charge in [0.1, 0.15) is 5.54 Å². The van der Waals surface area contributed by atoms with Crippen molar-refractivity contribution in [2.45, 2.75) is 69.4 Å². The van der Waals surface area contributed by atoms with Gasteiger partial charge in [-0.15, -0.1) is 11.3 Å². The van der Waals surface area contributed by atoms with Crippen LogP contribution < -0.4 is 10.6 Å². The third-order valence-electron chi connectivity index (χ3n) is 7.43. The lowest BCUT2D eigenvalue weighted by molar-refractivity contribution is -0.122. The Kier molecular flexibility index (Phi) is 6.28. The van der Waals surface area contributed by atoms with Crippen LogP contribution in [-0.4, -0.2) is 41.4 Å². The minimum Gasteiger partial charge on any atom is -0.337 e. The van der Waals surface area contributed by atoms with E-state index in [9.17, 15) is 9.59 Å². The zero-order chi connectivity index (χ0) is 22.1. The Morgan fingerprint density at radius 1 is 1.00 bits per heavy atom. The second kappa shape index (κ2) is 9.16. The summed E-state index contributed by atoms with van der Waals surface area (Å²) in [6, 6.07) is 10.5. The van der Waals surface area contributed by atoms with Crippen molar-refractivity contribution in [3.63, 3.8) is 0 Å². The molecule has 3 aliphatic rings. The van der Waals surface area contributed by atoms with Crippen LogP contribution in [-0.2, 0) is 17.6 Å². The highest BCUT2D eigenvalue weighted by Crippen LogP contribution is 2.33. The molecule has 2 saturated carbocycles. The van der Waals surface area contributed by atoms with Crippen LogP contribution in [0.15, 0.2) is 30.3 Å². The van der Waals surface area contributed by atoms with Gasteiger partial charge in [-0.25, -0.2) is 0 Å². The molecule has 2 aromatic rings. The molecule has 1 aromatic heterocycles. The molecule has 1 aliphatic heterocycles. The van der Waals surface area contributed by atoms with Gasteiger partial charge in [0.2, 0.25) is 5.91 Å². The lowest BCUT2D eigenvalue weighted by Gasteiger charge is -2.36. The molecule has 5 rings (SSSR count). The second-order valence-electron chi connectivity index (χ2n) is 9.41. The first-order valence-corrected chi connectivity index (χ1v) is 13.0. The number of carbonyl (C=O) groups excluding carboxylic acids is 2. The highest BCUT2D eigenvalue weighted by molar-refractivity contribution is 7.18. The van der Waals surface area contributed by atoms with Crippen LogP contribution >= 0.6 is 22.9 Å². The van der Waals surface area contributed by atoms with Crippen molar-refractivity contribution in [2.75, 3.05) is 18.4 Å². The average Bonchev–Trinajstić information content (AvgIpc) is 3.34. The molecule has 5 nitrogen and oxygen atoms in total. The monoisotopic (exact) mass is 471 g/mol. The second-order valence-corrected chi connectivity index (χ2v) is 11.1. The highest BCUT2D eigenvalue weighted by atomic mass is 35.5. The van der Waals surface area contributed by atoms with E-state index in [2.05, 4.69) is 27.7 Å². The summed E-state index contributed by atoms with van der Waals surface area (Å²) in [5, 5.41) is 6.16. The number of nitrogens with one attached hydrogen (secondary N) is 2. The van der Waals surface area contributed by atoms with Gasteiger partial charge in [-0.3, -0.25) is 14.5 Å². The number of anilines is 1. The number of carbonyl (C=O) groups is 2. The molecule has 0 bridgehead atoms. The number of rotatable bonds is 5. The lowest BCUT2D eigenvalue weighted by atomic mass is 9.91. The summed E-state index contributed by atoms with van der Waals surface area (Å²) in [5.74, 6) is -0.340. The largest absolute Gasteiger partial charge is 0.337 e. The van der Waals surface area contributed by atoms with Gasteiger partial charge in [0.05, 0.1) is 9.21 Å². The van der Waals surface area contributed by atoms with Crippen LogP contribution in [0.4, 0.5) is 5.69 Å². The van der Waals surface area contributed by atoms with Crippen molar-refractivity contribution in [3.05, 3.63) is 50.7 Å². The Bertz CT molecular complexity index is 1010. The third kappa shape index (κ3) is 4.45. The SMILES string of the molecule is O=C(NC1(C(=O)Nc2ccc3c(c2)CCN(C2CCC2)CC3)CCCC1)c1ccc(Cl)s1. The Labute approximate surface area is 198 Å². The smallest absolute Gasteiger partial charge is 0.262 e. The van der Waals surface area contributed by atoms with Crippen molar-refractivity contribution in [2.24, 2.45) is 0 Å². The van der Waals surface area contributed by atoms with Crippen molar-refractivity contribution in [1.82, 2.24) is 10.2 Å². The summed E-state index contributed by atoms with van der Waals surface area (Å²) >= 11 is 7.23. The summed E-state index contributed by atoms with van der Waals surface area (Å²) in [6.07, 6.45) is 9.31. The first kappa shape index (κ1) is 21.9. The molecule has 32 heavy (non-hydrogen) atoms. The molecule has 7 heteroatoms. The standard InChI is InChI=1S/C25H30ClN3O2S/c26-22-9-8-21(32-22)23(30)28-25(12-1-2-13-25)24(31)27-19-7-6-17-10-14-29(20-4-3-5-20)15-11-18(17)16-19/h6-9,16,20H,1-5,10-15H2,(H,27,31)(H,28,30). The van der Waals surface area contributed by atoms with Crippen LogP contribution in [0.1, 0.15) is 65.7 Å². The van der Waals surface area contributed by atoms with Gasteiger partial charge in [-0.1, -0.05) is 36.9 Å². The summed E-state index contributed by atoms with van der Waals surface area (Å²) in [4.78, 5) is 29.3. The van der Waals surface area contributed by atoms with E-state index in [1.807, 2.05) is 6.07 Å². The molecule has 2 amide bonds. The van der Waals surface area contributed by atoms with Crippen LogP contribution in [0, 0.1) is 0 Å². The number of nitrogens with zero attached hydrogens (tertiary/aromatic N) is 1. The van der Waals surface area contributed by atoms with E-state index in [1.165, 1.54) is 41.7 Å². The van der Waals surface area contributed by atoms with Crippen molar-refractivity contribution >= 4 is 40.4 Å². The van der Waals surface area contributed by atoms with Crippen molar-refractivity contribution < 1.29 is 9.59 Å². The Morgan fingerprint density at radius 3 is 2.41 bits per heavy atom. The molecular formula is C25H30ClN3O2S. The maximum atomic E-state index is 13.4. The van der Waals surface area contributed by atoms with Crippen LogP contribution in [0.25, 0.3) is 0 Å². The van der Waals surface area contributed by atoms with Crippen molar-refractivity contribution in [1.29, 1.82) is 0 Å². The van der Waals surface area contributed by atoms with Gasteiger partial charge in [-0.2, -0.15) is 0 Å². The van der Waals surface area contributed by atoms with Gasteiger partial charge in [0.25, 0.3) is 5.91 Å². The molecule has 2 fully saturated rings. The first-order chi connectivity index (χ1) is 15.5. The minimum absolute atomic E-state index is 0.115. The quantitative estimate of drug-likeness (QED) is 0.642. The normalized spacial score (nSPS) is 20.8. The van der Waals surface area contributed by atoms with E-state index in [0.29, 0.717) is 22.1 Å². The topological polar surface area (TPSA) is 61.4 Å². The molecule has 0 spiro atoms. The highest BCUT2D eigenvalue weighted by Gasteiger charge is 2.43. The first-order valence-electron chi connectivity index (χ1n) is 11.8. The molecule has 0 saturated heterocycles. The van der Waals surface area contributed by atoms with E-state index in [0.717, 1.165) is 50.5 Å². The minimum atomic E-state index is -0.860. The molecule has 2 N–H and O–H groups in total. The maximum Gasteiger partial charge on any atom is 0.262 e. The fourth-order valence-corrected chi connectivity index (χ4v) is 6.23. The molecule has 0 atom stereocenters. The predicted octanol–water partition coefficient (Wildman–Crippen LogP) is 5.04. The average molecular weight is 472 g/mol. The molecule has 1 aromatic carbocycles. The number of thiophene rings is 1. The Hall–Kier alpha value is -1.89. The summed E-state index contributed by atoms with van der Waals surface area (Å²) in [6.45, 7) is 2.23. The number of hydrogen-bond donors (Lipinski definition) is 2. The van der Waals surface area contributed by atoms with Gasteiger partial charge < -0.3 is 10.6 Å². The van der Waals surface area contributed by atoms with Gasteiger partial charge in [0.15, 0.2) is 0 Å². The fourth-order valence-electron chi connectivity index (χ4n) is 5.29. The lowest BCUT2D eigenvalue weighted by Crippen LogP contribution is -2.54. The zero-order valence-electron chi connectivity index (χ0n) is 18.3. The number of benzene rings is 1. The molecule has 170 valence electrons. The van der Waals surface area contributed by atoms with E-state index < -0.39 is 5.54 Å². The summed E-state index contributed by atoms with van der Waals surface area (Å²) in [7, 11) is 0. The van der Waals surface area contributed by atoms with Gasteiger partial charge in [0, 0.05) is 24.8 Å². The van der Waals surface area contributed by atoms with Gasteiger partial charge in [-0.05, 0) is 73.9 Å². The van der Waals surface area contributed by atoms with E-state index in [4.69, 9.17) is 11.6 Å². The molecule has 0 unspecified atom stereocenters. The fraction of sp³-hybridized carbons (Fsp3) is 0.520. The van der Waals surface area contributed by atoms with Crippen LogP contribution in [0.5, 0.6) is 0 Å². The molecular weight excluding hydrogens is 442 g/mol.